The SMILES string of the molecule is COc1cc(C)cc(C)c1C1(S)COC1. The Morgan fingerprint density at radius 1 is 1.33 bits per heavy atom. The normalized spacial score (nSPS) is 18.4. The van der Waals surface area contributed by atoms with Crippen molar-refractivity contribution in [1.29, 1.82) is 0 Å². The van der Waals surface area contributed by atoms with E-state index in [0.29, 0.717) is 13.2 Å². The Labute approximate surface area is 96.0 Å². The van der Waals surface area contributed by atoms with Gasteiger partial charge in [0.25, 0.3) is 0 Å². The van der Waals surface area contributed by atoms with Crippen LogP contribution in [0.25, 0.3) is 0 Å². The Balaban J connectivity index is 2.53. The molecule has 1 saturated heterocycles. The number of hydrogen-bond acceptors (Lipinski definition) is 3. The van der Waals surface area contributed by atoms with E-state index in [1.54, 1.807) is 7.11 Å². The number of hydrogen-bond donors (Lipinski definition) is 1. The van der Waals surface area contributed by atoms with Gasteiger partial charge < -0.3 is 9.47 Å². The van der Waals surface area contributed by atoms with E-state index in [1.807, 2.05) is 0 Å². The highest BCUT2D eigenvalue weighted by Crippen LogP contribution is 2.43. The van der Waals surface area contributed by atoms with Crippen LogP contribution in [0.15, 0.2) is 12.1 Å². The van der Waals surface area contributed by atoms with Crippen LogP contribution in [-0.2, 0) is 9.48 Å². The minimum Gasteiger partial charge on any atom is -0.496 e. The van der Waals surface area contributed by atoms with Crippen LogP contribution >= 0.6 is 12.6 Å². The zero-order valence-electron chi connectivity index (χ0n) is 9.33. The smallest absolute Gasteiger partial charge is 0.124 e. The van der Waals surface area contributed by atoms with Gasteiger partial charge in [-0.25, -0.2) is 0 Å². The van der Waals surface area contributed by atoms with Crippen LogP contribution < -0.4 is 4.74 Å². The van der Waals surface area contributed by atoms with Crippen LogP contribution in [0.1, 0.15) is 16.7 Å². The molecule has 1 heterocycles. The predicted octanol–water partition coefficient (Wildman–Crippen LogP) is 2.47. The minimum absolute atomic E-state index is 0.164. The van der Waals surface area contributed by atoms with Gasteiger partial charge in [0.2, 0.25) is 0 Å². The van der Waals surface area contributed by atoms with Crippen molar-refractivity contribution in [2.24, 2.45) is 0 Å². The Morgan fingerprint density at radius 3 is 2.47 bits per heavy atom. The first-order valence-corrected chi connectivity index (χ1v) is 5.47. The van der Waals surface area contributed by atoms with Crippen molar-refractivity contribution in [3.05, 3.63) is 28.8 Å². The molecule has 2 rings (SSSR count). The average molecular weight is 224 g/mol. The molecule has 1 fully saturated rings. The standard InChI is InChI=1S/C12H16O2S/c1-8-4-9(2)11(10(5-8)13-3)12(15)6-14-7-12/h4-5,15H,6-7H2,1-3H3. The summed E-state index contributed by atoms with van der Waals surface area (Å²) in [6, 6.07) is 4.22. The highest BCUT2D eigenvalue weighted by molar-refractivity contribution is 7.81. The zero-order chi connectivity index (χ0) is 11.1. The van der Waals surface area contributed by atoms with Gasteiger partial charge in [0.05, 0.1) is 25.1 Å². The van der Waals surface area contributed by atoms with Crippen LogP contribution in [0.3, 0.4) is 0 Å². The lowest BCUT2D eigenvalue weighted by atomic mass is 9.90. The van der Waals surface area contributed by atoms with Crippen LogP contribution in [0, 0.1) is 13.8 Å². The van der Waals surface area contributed by atoms with Crippen molar-refractivity contribution < 1.29 is 9.47 Å². The molecule has 0 atom stereocenters. The van der Waals surface area contributed by atoms with Crippen molar-refractivity contribution in [2.45, 2.75) is 18.6 Å². The van der Waals surface area contributed by atoms with Gasteiger partial charge in [-0.3, -0.25) is 0 Å². The summed E-state index contributed by atoms with van der Waals surface area (Å²) in [4.78, 5) is 0. The molecule has 0 saturated carbocycles. The van der Waals surface area contributed by atoms with Crippen LogP contribution in [0.5, 0.6) is 5.75 Å². The second-order valence-corrected chi connectivity index (χ2v) is 5.04. The summed E-state index contributed by atoms with van der Waals surface area (Å²) >= 11 is 4.69. The minimum atomic E-state index is -0.164. The van der Waals surface area contributed by atoms with Gasteiger partial charge in [0.1, 0.15) is 5.75 Å². The Bertz CT molecular complexity index is 383. The van der Waals surface area contributed by atoms with Gasteiger partial charge in [-0.1, -0.05) is 6.07 Å². The van der Waals surface area contributed by atoms with Crippen LogP contribution in [-0.4, -0.2) is 20.3 Å². The van der Waals surface area contributed by atoms with Crippen molar-refractivity contribution in [3.63, 3.8) is 0 Å². The topological polar surface area (TPSA) is 18.5 Å². The fourth-order valence-corrected chi connectivity index (χ4v) is 2.59. The van der Waals surface area contributed by atoms with E-state index in [-0.39, 0.29) is 4.75 Å². The van der Waals surface area contributed by atoms with E-state index in [9.17, 15) is 0 Å². The lowest BCUT2D eigenvalue weighted by Gasteiger charge is -2.39. The molecule has 0 aliphatic carbocycles. The van der Waals surface area contributed by atoms with Crippen molar-refractivity contribution in [3.8, 4) is 5.75 Å². The molecule has 1 aromatic carbocycles. The van der Waals surface area contributed by atoms with E-state index in [4.69, 9.17) is 9.47 Å². The Hall–Kier alpha value is -0.670. The molecule has 0 amide bonds. The maximum Gasteiger partial charge on any atom is 0.124 e. The van der Waals surface area contributed by atoms with Gasteiger partial charge in [-0.2, -0.15) is 12.6 Å². The fraction of sp³-hybridized carbons (Fsp3) is 0.500. The number of thiol groups is 1. The maximum absolute atomic E-state index is 5.42. The zero-order valence-corrected chi connectivity index (χ0v) is 10.2. The number of aryl methyl sites for hydroxylation is 2. The highest BCUT2D eigenvalue weighted by atomic mass is 32.1. The monoisotopic (exact) mass is 224 g/mol. The summed E-state index contributed by atoms with van der Waals surface area (Å²) in [6.45, 7) is 5.50. The molecule has 15 heavy (non-hydrogen) atoms. The Morgan fingerprint density at radius 2 is 2.00 bits per heavy atom. The second-order valence-electron chi connectivity index (χ2n) is 4.18. The summed E-state index contributed by atoms with van der Waals surface area (Å²) in [6.07, 6.45) is 0. The molecule has 82 valence electrons. The highest BCUT2D eigenvalue weighted by Gasteiger charge is 2.40. The summed E-state index contributed by atoms with van der Waals surface area (Å²) in [5.41, 5.74) is 3.61. The van der Waals surface area contributed by atoms with E-state index in [1.165, 1.54) is 16.7 Å². The molecule has 0 N–H and O–H groups in total. The first kappa shape index (κ1) is 10.8. The molecule has 0 aromatic heterocycles. The third-order valence-corrected chi connectivity index (χ3v) is 3.29. The molecule has 0 bridgehead atoms. The number of methoxy groups -OCH3 is 1. The van der Waals surface area contributed by atoms with Gasteiger partial charge in [0.15, 0.2) is 0 Å². The lowest BCUT2D eigenvalue weighted by Crippen LogP contribution is -2.42. The largest absolute Gasteiger partial charge is 0.496 e. The molecule has 1 aliphatic rings. The van der Waals surface area contributed by atoms with E-state index >= 15 is 0 Å². The summed E-state index contributed by atoms with van der Waals surface area (Å²) in [5.74, 6) is 0.922. The van der Waals surface area contributed by atoms with Crippen molar-refractivity contribution >= 4 is 12.6 Å². The van der Waals surface area contributed by atoms with Gasteiger partial charge in [0, 0.05) is 5.56 Å². The third-order valence-electron chi connectivity index (χ3n) is 2.81. The maximum atomic E-state index is 5.42. The summed E-state index contributed by atoms with van der Waals surface area (Å²) in [5, 5.41) is 0. The molecular weight excluding hydrogens is 208 g/mol. The molecule has 0 spiro atoms. The average Bonchev–Trinajstić information content (AvgIpc) is 2.13. The molecule has 0 radical (unpaired) electrons. The first-order chi connectivity index (χ1) is 7.07. The van der Waals surface area contributed by atoms with E-state index < -0.39 is 0 Å². The number of ether oxygens (including phenoxy) is 2. The molecular formula is C12H16O2S. The Kier molecular flexibility index (Phi) is 2.69. The van der Waals surface area contributed by atoms with Gasteiger partial charge in [-0.05, 0) is 31.0 Å². The molecule has 3 heteroatoms. The van der Waals surface area contributed by atoms with Gasteiger partial charge >= 0.3 is 0 Å². The quantitative estimate of drug-likeness (QED) is 0.778. The number of benzene rings is 1. The predicted molar refractivity (Wildman–Crippen MR) is 64.0 cm³/mol. The first-order valence-electron chi connectivity index (χ1n) is 5.03. The molecule has 0 unspecified atom stereocenters. The summed E-state index contributed by atoms with van der Waals surface area (Å²) in [7, 11) is 1.70. The van der Waals surface area contributed by atoms with E-state index in [0.717, 1.165) is 5.75 Å². The third kappa shape index (κ3) is 1.74. The van der Waals surface area contributed by atoms with Crippen molar-refractivity contribution in [2.75, 3.05) is 20.3 Å². The van der Waals surface area contributed by atoms with E-state index in [2.05, 4.69) is 38.6 Å². The van der Waals surface area contributed by atoms with Crippen molar-refractivity contribution in [1.82, 2.24) is 0 Å². The lowest BCUT2D eigenvalue weighted by molar-refractivity contribution is -0.0109. The van der Waals surface area contributed by atoms with Gasteiger partial charge in [-0.15, -0.1) is 0 Å². The molecule has 1 aromatic rings. The fourth-order valence-electron chi connectivity index (χ4n) is 2.13. The second kappa shape index (κ2) is 3.72. The van der Waals surface area contributed by atoms with Crippen LogP contribution in [0.4, 0.5) is 0 Å². The number of rotatable bonds is 2. The molecule has 1 aliphatic heterocycles. The van der Waals surface area contributed by atoms with Crippen LogP contribution in [0.2, 0.25) is 0 Å². The summed E-state index contributed by atoms with van der Waals surface area (Å²) < 4.78 is 10.5. The molecule has 2 nitrogen and oxygen atoms in total.